The van der Waals surface area contributed by atoms with Crippen molar-refractivity contribution in [3.63, 3.8) is 0 Å². The monoisotopic (exact) mass is 271 g/mol. The van der Waals surface area contributed by atoms with Crippen LogP contribution in [0.15, 0.2) is 21.7 Å². The predicted molar refractivity (Wildman–Crippen MR) is 54.9 cm³/mol. The van der Waals surface area contributed by atoms with Crippen molar-refractivity contribution in [2.24, 2.45) is 5.11 Å². The number of halogens is 3. The first-order valence-electron chi connectivity index (χ1n) is 3.79. The Morgan fingerprint density at radius 2 is 2.00 bits per heavy atom. The molecule has 0 saturated carbocycles. The zero-order valence-electron chi connectivity index (χ0n) is 7.34. The van der Waals surface area contributed by atoms with Gasteiger partial charge in [-0.15, -0.1) is 0 Å². The quantitative estimate of drug-likeness (QED) is 0.247. The molecule has 0 unspecified atom stereocenters. The predicted octanol–water partition coefficient (Wildman–Crippen LogP) is 3.39. The highest BCUT2D eigenvalue weighted by molar-refractivity contribution is 9.10. The SMILES string of the molecule is [N-]=[N+]=NCC#Cc1cc(F)c(Br)c(F)c1. The largest absolute Gasteiger partial charge is 0.206 e. The summed E-state index contributed by atoms with van der Waals surface area (Å²) in [5.74, 6) is 3.49. The van der Waals surface area contributed by atoms with Crippen molar-refractivity contribution in [3.8, 4) is 11.8 Å². The molecule has 6 heteroatoms. The number of azide groups is 1. The Morgan fingerprint density at radius 1 is 1.40 bits per heavy atom. The summed E-state index contributed by atoms with van der Waals surface area (Å²) in [7, 11) is 0. The fourth-order valence-corrected chi connectivity index (χ4v) is 1.07. The molecule has 0 saturated heterocycles. The molecule has 0 aliphatic rings. The molecule has 0 radical (unpaired) electrons. The maximum absolute atomic E-state index is 13.0. The molecule has 0 fully saturated rings. The lowest BCUT2D eigenvalue weighted by Gasteiger charge is -1.97. The molecule has 0 aromatic heterocycles. The van der Waals surface area contributed by atoms with Crippen LogP contribution in [0.2, 0.25) is 0 Å². The van der Waals surface area contributed by atoms with Crippen LogP contribution >= 0.6 is 15.9 Å². The van der Waals surface area contributed by atoms with Crippen molar-refractivity contribution < 1.29 is 8.78 Å². The number of rotatable bonds is 1. The van der Waals surface area contributed by atoms with Gasteiger partial charge in [0.2, 0.25) is 0 Å². The first-order valence-corrected chi connectivity index (χ1v) is 4.58. The Bertz CT molecular complexity index is 461. The van der Waals surface area contributed by atoms with Gasteiger partial charge in [-0.3, -0.25) is 0 Å². The van der Waals surface area contributed by atoms with E-state index in [-0.39, 0.29) is 16.6 Å². The molecule has 15 heavy (non-hydrogen) atoms. The van der Waals surface area contributed by atoms with Gasteiger partial charge in [0.15, 0.2) is 0 Å². The van der Waals surface area contributed by atoms with E-state index >= 15 is 0 Å². The van der Waals surface area contributed by atoms with Gasteiger partial charge in [-0.2, -0.15) is 0 Å². The maximum atomic E-state index is 13.0. The molecule has 3 nitrogen and oxygen atoms in total. The average molecular weight is 272 g/mol. The Balaban J connectivity index is 2.95. The van der Waals surface area contributed by atoms with Crippen LogP contribution in [0, 0.1) is 23.5 Å². The summed E-state index contributed by atoms with van der Waals surface area (Å²) in [6.07, 6.45) is 0. The van der Waals surface area contributed by atoms with Crippen molar-refractivity contribution in [2.75, 3.05) is 6.54 Å². The smallest absolute Gasteiger partial charge is 0.141 e. The van der Waals surface area contributed by atoms with Gasteiger partial charge < -0.3 is 0 Å². The van der Waals surface area contributed by atoms with Gasteiger partial charge in [0.25, 0.3) is 0 Å². The lowest BCUT2D eigenvalue weighted by atomic mass is 10.2. The molecule has 1 aromatic carbocycles. The molecule has 0 bridgehead atoms. The molecule has 0 aliphatic carbocycles. The van der Waals surface area contributed by atoms with E-state index in [9.17, 15) is 8.78 Å². The van der Waals surface area contributed by atoms with Crippen molar-refractivity contribution in [3.05, 3.63) is 44.2 Å². The average Bonchev–Trinajstić information content (AvgIpc) is 2.21. The van der Waals surface area contributed by atoms with Gasteiger partial charge in [0, 0.05) is 10.5 Å². The molecule has 0 aliphatic heterocycles. The van der Waals surface area contributed by atoms with E-state index in [1.165, 1.54) is 0 Å². The molecular weight excluding hydrogens is 268 g/mol. The minimum atomic E-state index is -0.719. The molecular formula is C9H4BrF2N3. The van der Waals surface area contributed by atoms with E-state index in [0.717, 1.165) is 12.1 Å². The first kappa shape index (κ1) is 11.5. The summed E-state index contributed by atoms with van der Waals surface area (Å²) in [4.78, 5) is 2.48. The topological polar surface area (TPSA) is 48.8 Å². The van der Waals surface area contributed by atoms with E-state index in [2.05, 4.69) is 37.8 Å². The summed E-state index contributed by atoms with van der Waals surface area (Å²) < 4.78 is 25.7. The second-order valence-electron chi connectivity index (χ2n) is 2.44. The molecule has 0 atom stereocenters. The van der Waals surface area contributed by atoms with Crippen molar-refractivity contribution in [2.45, 2.75) is 0 Å². The Morgan fingerprint density at radius 3 is 2.53 bits per heavy atom. The van der Waals surface area contributed by atoms with Gasteiger partial charge in [0.1, 0.15) is 11.6 Å². The van der Waals surface area contributed by atoms with E-state index in [1.807, 2.05) is 0 Å². The highest BCUT2D eigenvalue weighted by atomic mass is 79.9. The number of hydrogen-bond donors (Lipinski definition) is 0. The molecule has 1 rings (SSSR count). The van der Waals surface area contributed by atoms with Gasteiger partial charge in [0.05, 0.1) is 11.0 Å². The highest BCUT2D eigenvalue weighted by Gasteiger charge is 2.06. The Hall–Kier alpha value is -1.57. The van der Waals surface area contributed by atoms with Crippen LogP contribution in [-0.2, 0) is 0 Å². The van der Waals surface area contributed by atoms with Crippen LogP contribution in [0.3, 0.4) is 0 Å². The maximum Gasteiger partial charge on any atom is 0.141 e. The van der Waals surface area contributed by atoms with Crippen LogP contribution in [0.25, 0.3) is 10.4 Å². The van der Waals surface area contributed by atoms with E-state index in [1.54, 1.807) is 0 Å². The summed E-state index contributed by atoms with van der Waals surface area (Å²) >= 11 is 2.74. The van der Waals surface area contributed by atoms with Gasteiger partial charge >= 0.3 is 0 Å². The zero-order chi connectivity index (χ0) is 11.3. The molecule has 76 valence electrons. The van der Waals surface area contributed by atoms with Gasteiger partial charge in [-0.1, -0.05) is 17.0 Å². The summed E-state index contributed by atoms with van der Waals surface area (Å²) in [5.41, 5.74) is 8.15. The molecule has 0 N–H and O–H groups in total. The van der Waals surface area contributed by atoms with Crippen LogP contribution in [-0.4, -0.2) is 6.54 Å². The fraction of sp³-hybridized carbons (Fsp3) is 0.111. The summed E-state index contributed by atoms with van der Waals surface area (Å²) in [6.45, 7) is -0.0319. The van der Waals surface area contributed by atoms with E-state index in [4.69, 9.17) is 5.53 Å². The number of benzene rings is 1. The lowest BCUT2D eigenvalue weighted by molar-refractivity contribution is 0.571. The van der Waals surface area contributed by atoms with Gasteiger partial charge in [-0.25, -0.2) is 8.78 Å². The molecule has 1 aromatic rings. The minimum Gasteiger partial charge on any atom is -0.206 e. The zero-order valence-corrected chi connectivity index (χ0v) is 8.92. The van der Waals surface area contributed by atoms with E-state index in [0.29, 0.717) is 0 Å². The van der Waals surface area contributed by atoms with E-state index < -0.39 is 11.6 Å². The molecule has 0 heterocycles. The number of nitrogens with zero attached hydrogens (tertiary/aromatic N) is 3. The third-order valence-corrected chi connectivity index (χ3v) is 2.19. The Labute approximate surface area is 92.9 Å². The third-order valence-electron chi connectivity index (χ3n) is 1.43. The van der Waals surface area contributed by atoms with Crippen LogP contribution in [0.5, 0.6) is 0 Å². The van der Waals surface area contributed by atoms with Crippen molar-refractivity contribution in [1.29, 1.82) is 0 Å². The van der Waals surface area contributed by atoms with Crippen LogP contribution in [0.4, 0.5) is 8.78 Å². The standard InChI is InChI=1S/C9H4BrF2N3/c10-9-7(11)4-6(5-8(9)12)2-1-3-14-15-13/h4-5H,3H2. The number of hydrogen-bond acceptors (Lipinski definition) is 1. The highest BCUT2D eigenvalue weighted by Crippen LogP contribution is 2.20. The molecule has 0 spiro atoms. The van der Waals surface area contributed by atoms with Crippen molar-refractivity contribution in [1.82, 2.24) is 0 Å². The normalized spacial score (nSPS) is 8.73. The third kappa shape index (κ3) is 3.24. The summed E-state index contributed by atoms with van der Waals surface area (Å²) in [5, 5.41) is 3.16. The lowest BCUT2D eigenvalue weighted by Crippen LogP contribution is -1.87. The Kier molecular flexibility index (Phi) is 4.10. The second kappa shape index (κ2) is 5.35. The second-order valence-corrected chi connectivity index (χ2v) is 3.24. The summed E-state index contributed by atoms with van der Waals surface area (Å²) in [6, 6.07) is 2.19. The first-order chi connectivity index (χ1) is 7.15. The van der Waals surface area contributed by atoms with Crippen molar-refractivity contribution >= 4 is 15.9 Å². The van der Waals surface area contributed by atoms with Gasteiger partial charge in [-0.05, 0) is 33.6 Å². The minimum absolute atomic E-state index is 0.0319. The van der Waals surface area contributed by atoms with Crippen LogP contribution in [0.1, 0.15) is 5.56 Å². The van der Waals surface area contributed by atoms with Crippen LogP contribution < -0.4 is 0 Å². The molecule has 0 amide bonds. The fourth-order valence-electron chi connectivity index (χ4n) is 0.836.